The zero-order valence-corrected chi connectivity index (χ0v) is 12.7. The molecule has 2 N–H and O–H groups in total. The summed E-state index contributed by atoms with van der Waals surface area (Å²) >= 11 is 0. The summed E-state index contributed by atoms with van der Waals surface area (Å²) in [5, 5.41) is 4.93. The molecule has 5 rings (SSSR count). The summed E-state index contributed by atoms with van der Waals surface area (Å²) < 4.78 is 2.34. The first kappa shape index (κ1) is 12.7. The molecule has 4 aliphatic carbocycles. The Morgan fingerprint density at radius 1 is 1.20 bits per heavy atom. The van der Waals surface area contributed by atoms with Crippen LogP contribution in [0.4, 0.5) is 5.82 Å². The van der Waals surface area contributed by atoms with Gasteiger partial charge in [0, 0.05) is 26.7 Å². The van der Waals surface area contributed by atoms with E-state index in [4.69, 9.17) is 10.8 Å². The molecular weight excluding hydrogens is 248 g/mol. The van der Waals surface area contributed by atoms with E-state index in [1.165, 1.54) is 44.2 Å². The summed E-state index contributed by atoms with van der Waals surface area (Å²) in [6.07, 6.45) is 8.42. The standard InChI is InChI=1S/C16H26N4/c1-19(2)15-6-14(10-17)20(18-15)16-7-11-3-12(8-16)5-13(4-11)9-16/h6,11-13H,3-5,7-10,17H2,1-2H3. The Kier molecular flexibility index (Phi) is 2.69. The Morgan fingerprint density at radius 2 is 1.75 bits per heavy atom. The Balaban J connectivity index is 1.76. The monoisotopic (exact) mass is 274 g/mol. The van der Waals surface area contributed by atoms with Gasteiger partial charge < -0.3 is 10.6 Å². The molecule has 4 aliphatic rings. The van der Waals surface area contributed by atoms with Crippen LogP contribution in [0.5, 0.6) is 0 Å². The van der Waals surface area contributed by atoms with Crippen molar-refractivity contribution in [3.8, 4) is 0 Å². The lowest BCUT2D eigenvalue weighted by Crippen LogP contribution is -2.52. The van der Waals surface area contributed by atoms with Crippen molar-refractivity contribution in [2.24, 2.45) is 23.5 Å². The van der Waals surface area contributed by atoms with Gasteiger partial charge in [-0.15, -0.1) is 0 Å². The fraction of sp³-hybridized carbons (Fsp3) is 0.812. The van der Waals surface area contributed by atoms with Crippen molar-refractivity contribution in [1.82, 2.24) is 9.78 Å². The lowest BCUT2D eigenvalue weighted by atomic mass is 9.53. The largest absolute Gasteiger partial charge is 0.361 e. The first-order valence-electron chi connectivity index (χ1n) is 8.06. The molecule has 1 aromatic heterocycles. The van der Waals surface area contributed by atoms with Gasteiger partial charge in [0.1, 0.15) is 5.82 Å². The first-order valence-corrected chi connectivity index (χ1v) is 8.06. The maximum absolute atomic E-state index is 6.00. The minimum atomic E-state index is 0.289. The topological polar surface area (TPSA) is 47.1 Å². The van der Waals surface area contributed by atoms with Crippen LogP contribution in [0.15, 0.2) is 6.07 Å². The van der Waals surface area contributed by atoms with Crippen LogP contribution in [-0.4, -0.2) is 23.9 Å². The van der Waals surface area contributed by atoms with E-state index in [2.05, 4.69) is 29.7 Å². The minimum Gasteiger partial charge on any atom is -0.361 e. The first-order chi connectivity index (χ1) is 9.59. The van der Waals surface area contributed by atoms with Gasteiger partial charge in [0.25, 0.3) is 0 Å². The second-order valence-electron chi connectivity index (χ2n) is 7.65. The summed E-state index contributed by atoms with van der Waals surface area (Å²) in [5.74, 6) is 3.89. The van der Waals surface area contributed by atoms with Gasteiger partial charge in [0.15, 0.2) is 0 Å². The van der Waals surface area contributed by atoms with Gasteiger partial charge in [-0.2, -0.15) is 5.10 Å². The number of nitrogens with two attached hydrogens (primary N) is 1. The van der Waals surface area contributed by atoms with Crippen LogP contribution >= 0.6 is 0 Å². The molecule has 20 heavy (non-hydrogen) atoms. The summed E-state index contributed by atoms with van der Waals surface area (Å²) in [7, 11) is 4.12. The van der Waals surface area contributed by atoms with Crippen LogP contribution in [-0.2, 0) is 12.1 Å². The number of aromatic nitrogens is 2. The van der Waals surface area contributed by atoms with E-state index in [0.717, 1.165) is 23.6 Å². The van der Waals surface area contributed by atoms with Crippen LogP contribution in [0, 0.1) is 17.8 Å². The molecule has 4 nitrogen and oxygen atoms in total. The second-order valence-corrected chi connectivity index (χ2v) is 7.65. The molecule has 1 heterocycles. The summed E-state index contributed by atoms with van der Waals surface area (Å²) in [4.78, 5) is 2.09. The lowest BCUT2D eigenvalue weighted by Gasteiger charge is -2.57. The van der Waals surface area contributed by atoms with Crippen LogP contribution in [0.25, 0.3) is 0 Å². The minimum absolute atomic E-state index is 0.289. The van der Waals surface area contributed by atoms with Gasteiger partial charge in [-0.3, -0.25) is 4.68 Å². The highest BCUT2D eigenvalue weighted by molar-refractivity contribution is 5.38. The molecule has 0 radical (unpaired) electrons. The average molecular weight is 274 g/mol. The van der Waals surface area contributed by atoms with Crippen molar-refractivity contribution >= 4 is 5.82 Å². The number of rotatable bonds is 3. The highest BCUT2D eigenvalue weighted by Crippen LogP contribution is 2.59. The Hall–Kier alpha value is -1.03. The maximum Gasteiger partial charge on any atom is 0.150 e. The Morgan fingerprint density at radius 3 is 2.20 bits per heavy atom. The third kappa shape index (κ3) is 1.73. The van der Waals surface area contributed by atoms with Crippen molar-refractivity contribution in [1.29, 1.82) is 0 Å². The summed E-state index contributed by atoms with van der Waals surface area (Å²) in [5.41, 5.74) is 7.51. The molecule has 110 valence electrons. The fourth-order valence-electron chi connectivity index (χ4n) is 5.50. The highest BCUT2D eigenvalue weighted by atomic mass is 15.4. The van der Waals surface area contributed by atoms with Crippen molar-refractivity contribution in [3.63, 3.8) is 0 Å². The number of hydrogen-bond donors (Lipinski definition) is 1. The second kappa shape index (κ2) is 4.23. The van der Waals surface area contributed by atoms with Gasteiger partial charge in [-0.1, -0.05) is 0 Å². The van der Waals surface area contributed by atoms with Crippen LogP contribution in [0.2, 0.25) is 0 Å². The van der Waals surface area contributed by atoms with E-state index in [0.29, 0.717) is 6.54 Å². The van der Waals surface area contributed by atoms with Crippen LogP contribution < -0.4 is 10.6 Å². The number of nitrogens with zero attached hydrogens (tertiary/aromatic N) is 3. The van der Waals surface area contributed by atoms with Crippen molar-refractivity contribution in [2.75, 3.05) is 19.0 Å². The third-order valence-corrected chi connectivity index (χ3v) is 5.89. The van der Waals surface area contributed by atoms with Crippen molar-refractivity contribution < 1.29 is 0 Å². The molecule has 0 amide bonds. The SMILES string of the molecule is CN(C)c1cc(CN)n(C23CC4CC(CC(C4)C2)C3)n1. The maximum atomic E-state index is 6.00. The molecule has 0 spiro atoms. The van der Waals surface area contributed by atoms with Crippen LogP contribution in [0.1, 0.15) is 44.2 Å². The van der Waals surface area contributed by atoms with Crippen molar-refractivity contribution in [2.45, 2.75) is 50.6 Å². The predicted molar refractivity (Wildman–Crippen MR) is 80.6 cm³/mol. The molecule has 4 bridgehead atoms. The zero-order chi connectivity index (χ0) is 13.9. The molecule has 0 aromatic carbocycles. The Bertz CT molecular complexity index is 481. The van der Waals surface area contributed by atoms with Gasteiger partial charge in [0.05, 0.1) is 11.2 Å². The predicted octanol–water partition coefficient (Wildman–Crippen LogP) is 2.33. The summed E-state index contributed by atoms with van der Waals surface area (Å²) in [6, 6.07) is 2.18. The van der Waals surface area contributed by atoms with Gasteiger partial charge in [-0.05, 0) is 56.3 Å². The fourth-order valence-corrected chi connectivity index (χ4v) is 5.50. The van der Waals surface area contributed by atoms with E-state index >= 15 is 0 Å². The Labute approximate surface area is 121 Å². The molecule has 1 aromatic rings. The lowest BCUT2D eigenvalue weighted by molar-refractivity contribution is -0.0506. The van der Waals surface area contributed by atoms with E-state index < -0.39 is 0 Å². The molecule has 4 saturated carbocycles. The smallest absolute Gasteiger partial charge is 0.150 e. The van der Waals surface area contributed by atoms with Gasteiger partial charge in [0.2, 0.25) is 0 Å². The van der Waals surface area contributed by atoms with E-state index in [1.807, 2.05) is 0 Å². The zero-order valence-electron chi connectivity index (χ0n) is 12.7. The van der Waals surface area contributed by atoms with Gasteiger partial charge in [-0.25, -0.2) is 0 Å². The highest BCUT2D eigenvalue weighted by Gasteiger charge is 2.52. The van der Waals surface area contributed by atoms with E-state index in [9.17, 15) is 0 Å². The molecule has 0 aliphatic heterocycles. The molecule has 4 heteroatoms. The number of anilines is 1. The molecule has 4 fully saturated rings. The summed E-state index contributed by atoms with van der Waals surface area (Å²) in [6.45, 7) is 0.600. The molecular formula is C16H26N4. The normalized spacial score (nSPS) is 38.5. The van der Waals surface area contributed by atoms with Crippen LogP contribution in [0.3, 0.4) is 0 Å². The molecule has 0 unspecified atom stereocenters. The van der Waals surface area contributed by atoms with E-state index in [-0.39, 0.29) is 5.54 Å². The quantitative estimate of drug-likeness (QED) is 0.920. The third-order valence-electron chi connectivity index (χ3n) is 5.89. The average Bonchev–Trinajstić information content (AvgIpc) is 2.82. The van der Waals surface area contributed by atoms with Gasteiger partial charge >= 0.3 is 0 Å². The van der Waals surface area contributed by atoms with E-state index in [1.54, 1.807) is 0 Å². The number of hydrogen-bond acceptors (Lipinski definition) is 3. The molecule has 0 saturated heterocycles. The van der Waals surface area contributed by atoms with Crippen molar-refractivity contribution in [3.05, 3.63) is 11.8 Å². The molecule has 0 atom stereocenters.